The lowest BCUT2D eigenvalue weighted by atomic mass is 10.4. The Morgan fingerprint density at radius 2 is 1.92 bits per heavy atom. The van der Waals surface area contributed by atoms with E-state index in [0.717, 1.165) is 26.1 Å². The molecule has 0 unspecified atom stereocenters. The molecule has 13 heavy (non-hydrogen) atoms. The Morgan fingerprint density at radius 3 is 2.15 bits per heavy atom. The zero-order chi connectivity index (χ0) is 10.5. The zero-order valence-corrected chi connectivity index (χ0v) is 9.47. The second kappa shape index (κ2) is 14.5. The van der Waals surface area contributed by atoms with Gasteiger partial charge in [0.25, 0.3) is 0 Å². The Balaban J connectivity index is 0. The number of hydrogen-bond donors (Lipinski definition) is 2. The van der Waals surface area contributed by atoms with Gasteiger partial charge in [0.2, 0.25) is 0 Å². The van der Waals surface area contributed by atoms with Gasteiger partial charge < -0.3 is 11.1 Å². The highest BCUT2D eigenvalue weighted by molar-refractivity contribution is 7.33. The molecule has 0 fully saturated rings. The van der Waals surface area contributed by atoms with Crippen LogP contribution in [0.3, 0.4) is 0 Å². The first kappa shape index (κ1) is 15.4. The summed E-state index contributed by atoms with van der Waals surface area (Å²) in [5.74, 6) is 0. The summed E-state index contributed by atoms with van der Waals surface area (Å²) in [4.78, 5) is 0. The first-order chi connectivity index (χ1) is 6.22. The molecule has 0 saturated carbocycles. The SMILES string of the molecule is CCNCCCN.CO[P+](=O)OC. The number of nitrogens with two attached hydrogens (primary N) is 1. The van der Waals surface area contributed by atoms with E-state index >= 15 is 0 Å². The first-order valence-electron chi connectivity index (χ1n) is 4.19. The van der Waals surface area contributed by atoms with E-state index < -0.39 is 8.25 Å². The van der Waals surface area contributed by atoms with Crippen LogP contribution in [0.4, 0.5) is 0 Å². The highest BCUT2D eigenvalue weighted by Crippen LogP contribution is 2.18. The van der Waals surface area contributed by atoms with Crippen LogP contribution in [-0.4, -0.2) is 33.9 Å². The minimum atomic E-state index is -1.83. The van der Waals surface area contributed by atoms with Crippen molar-refractivity contribution in [2.24, 2.45) is 5.73 Å². The van der Waals surface area contributed by atoms with E-state index in [0.29, 0.717) is 0 Å². The van der Waals surface area contributed by atoms with E-state index in [1.165, 1.54) is 14.2 Å². The molecular formula is C7H20N2O3P+. The smallest absolute Gasteiger partial charge is 0.330 e. The molecule has 0 rings (SSSR count). The average molecular weight is 211 g/mol. The molecule has 0 aromatic heterocycles. The number of hydrogen-bond acceptors (Lipinski definition) is 5. The molecule has 0 aliphatic rings. The van der Waals surface area contributed by atoms with Crippen LogP contribution in [0.15, 0.2) is 0 Å². The van der Waals surface area contributed by atoms with Gasteiger partial charge >= 0.3 is 8.25 Å². The molecule has 0 heterocycles. The highest BCUT2D eigenvalue weighted by atomic mass is 31.1. The van der Waals surface area contributed by atoms with Gasteiger partial charge in [0, 0.05) is 4.57 Å². The molecule has 0 radical (unpaired) electrons. The third-order valence-corrected chi connectivity index (χ3v) is 1.70. The summed E-state index contributed by atoms with van der Waals surface area (Å²) in [5, 5.41) is 3.17. The van der Waals surface area contributed by atoms with E-state index in [2.05, 4.69) is 21.3 Å². The Morgan fingerprint density at radius 1 is 1.38 bits per heavy atom. The molecule has 0 aliphatic heterocycles. The van der Waals surface area contributed by atoms with Gasteiger partial charge in [0.1, 0.15) is 0 Å². The molecule has 3 N–H and O–H groups in total. The van der Waals surface area contributed by atoms with E-state index in [1.807, 2.05) is 0 Å². The van der Waals surface area contributed by atoms with Crippen LogP contribution in [0.5, 0.6) is 0 Å². The number of rotatable bonds is 6. The maximum absolute atomic E-state index is 9.88. The summed E-state index contributed by atoms with van der Waals surface area (Å²) in [5.41, 5.74) is 5.23. The molecule has 0 aliphatic carbocycles. The van der Waals surface area contributed by atoms with Gasteiger partial charge in [-0.05, 0) is 26.1 Å². The summed E-state index contributed by atoms with van der Waals surface area (Å²) in [6.45, 7) is 5.01. The average Bonchev–Trinajstić information content (AvgIpc) is 2.18. The largest absolute Gasteiger partial charge is 0.696 e. The summed E-state index contributed by atoms with van der Waals surface area (Å²) < 4.78 is 18.3. The molecule has 0 aromatic carbocycles. The van der Waals surface area contributed by atoms with Crippen molar-refractivity contribution in [1.29, 1.82) is 0 Å². The lowest BCUT2D eigenvalue weighted by Crippen LogP contribution is -2.17. The Kier molecular flexibility index (Phi) is 17.1. The Hall–Kier alpha value is -0.0600. The van der Waals surface area contributed by atoms with Crippen LogP contribution < -0.4 is 11.1 Å². The van der Waals surface area contributed by atoms with E-state index in [1.54, 1.807) is 0 Å². The van der Waals surface area contributed by atoms with Gasteiger partial charge in [-0.15, -0.1) is 9.05 Å². The van der Waals surface area contributed by atoms with E-state index in [-0.39, 0.29) is 0 Å². The molecule has 0 bridgehead atoms. The van der Waals surface area contributed by atoms with Crippen molar-refractivity contribution >= 4 is 8.25 Å². The highest BCUT2D eigenvalue weighted by Gasteiger charge is 2.10. The molecule has 0 atom stereocenters. The third-order valence-electron chi connectivity index (χ3n) is 1.11. The fourth-order valence-corrected chi connectivity index (χ4v) is 0.627. The van der Waals surface area contributed by atoms with Crippen molar-refractivity contribution in [3.63, 3.8) is 0 Å². The first-order valence-corrected chi connectivity index (χ1v) is 5.28. The monoisotopic (exact) mass is 211 g/mol. The quantitative estimate of drug-likeness (QED) is 0.504. The lowest BCUT2D eigenvalue weighted by molar-refractivity contribution is 0.302. The predicted octanol–water partition coefficient (Wildman–Crippen LogP) is 0.881. The molecule has 6 heteroatoms. The van der Waals surface area contributed by atoms with Crippen LogP contribution in [0, 0.1) is 0 Å². The van der Waals surface area contributed by atoms with Gasteiger partial charge in [-0.2, -0.15) is 0 Å². The van der Waals surface area contributed by atoms with Crippen molar-refractivity contribution < 1.29 is 13.6 Å². The third kappa shape index (κ3) is 18.7. The topological polar surface area (TPSA) is 73.6 Å². The van der Waals surface area contributed by atoms with Crippen molar-refractivity contribution in [3.05, 3.63) is 0 Å². The molecule has 0 aromatic rings. The molecule has 0 amide bonds. The molecule has 0 saturated heterocycles. The van der Waals surface area contributed by atoms with Crippen molar-refractivity contribution in [1.82, 2.24) is 5.32 Å². The maximum Gasteiger partial charge on any atom is 0.696 e. The minimum absolute atomic E-state index is 0.799. The summed E-state index contributed by atoms with van der Waals surface area (Å²) in [7, 11) is 0.817. The van der Waals surface area contributed by atoms with Crippen LogP contribution in [0.2, 0.25) is 0 Å². The van der Waals surface area contributed by atoms with Gasteiger partial charge in [-0.1, -0.05) is 6.92 Å². The van der Waals surface area contributed by atoms with Crippen LogP contribution in [0.25, 0.3) is 0 Å². The molecular weight excluding hydrogens is 191 g/mol. The normalized spacial score (nSPS) is 8.92. The maximum atomic E-state index is 9.88. The Labute approximate surface area is 80.9 Å². The standard InChI is InChI=1S/C5H14N2.C2H6O3P/c1-2-7-5-3-4-6;1-4-6(3)5-2/h7H,2-6H2,1H3;1-2H3/q;+1. The molecule has 80 valence electrons. The van der Waals surface area contributed by atoms with E-state index in [4.69, 9.17) is 5.73 Å². The fourth-order valence-electron chi connectivity index (χ4n) is 0.478. The minimum Gasteiger partial charge on any atom is -0.330 e. The van der Waals surface area contributed by atoms with Crippen molar-refractivity contribution in [3.8, 4) is 0 Å². The summed E-state index contributed by atoms with van der Waals surface area (Å²) >= 11 is 0. The number of nitrogens with one attached hydrogen (secondary N) is 1. The van der Waals surface area contributed by atoms with Gasteiger partial charge in [0.05, 0.1) is 14.2 Å². The predicted molar refractivity (Wildman–Crippen MR) is 53.8 cm³/mol. The van der Waals surface area contributed by atoms with Crippen molar-refractivity contribution in [2.75, 3.05) is 33.9 Å². The molecule has 0 spiro atoms. The second-order valence-corrected chi connectivity index (χ2v) is 3.26. The van der Waals surface area contributed by atoms with Gasteiger partial charge in [0.15, 0.2) is 0 Å². The second-order valence-electron chi connectivity index (χ2n) is 2.08. The van der Waals surface area contributed by atoms with Gasteiger partial charge in [-0.3, -0.25) is 0 Å². The molecule has 5 nitrogen and oxygen atoms in total. The summed E-state index contributed by atoms with van der Waals surface area (Å²) in [6, 6.07) is 0. The van der Waals surface area contributed by atoms with Crippen LogP contribution >= 0.6 is 8.25 Å². The van der Waals surface area contributed by atoms with Crippen LogP contribution in [-0.2, 0) is 13.6 Å². The summed E-state index contributed by atoms with van der Waals surface area (Å²) in [6.07, 6.45) is 1.09. The van der Waals surface area contributed by atoms with Crippen molar-refractivity contribution in [2.45, 2.75) is 13.3 Å². The lowest BCUT2D eigenvalue weighted by Gasteiger charge is -1.95. The fraction of sp³-hybridized carbons (Fsp3) is 1.00. The van der Waals surface area contributed by atoms with Crippen LogP contribution in [0.1, 0.15) is 13.3 Å². The Bertz CT molecular complexity index is 104. The zero-order valence-electron chi connectivity index (χ0n) is 8.58. The van der Waals surface area contributed by atoms with E-state index in [9.17, 15) is 4.57 Å². The van der Waals surface area contributed by atoms with Gasteiger partial charge in [-0.25, -0.2) is 0 Å².